The van der Waals surface area contributed by atoms with Crippen molar-refractivity contribution in [1.29, 1.82) is 0 Å². The highest BCUT2D eigenvalue weighted by Crippen LogP contribution is 2.19. The van der Waals surface area contributed by atoms with E-state index >= 15 is 0 Å². The zero-order valence-corrected chi connectivity index (χ0v) is 12.0. The van der Waals surface area contributed by atoms with Gasteiger partial charge in [-0.25, -0.2) is 9.97 Å². The summed E-state index contributed by atoms with van der Waals surface area (Å²) < 4.78 is 0. The molecule has 1 aromatic heterocycles. The maximum atomic E-state index is 6.02. The van der Waals surface area contributed by atoms with Crippen LogP contribution >= 0.6 is 11.6 Å². The Balaban J connectivity index is 2.75. The molecule has 0 aliphatic carbocycles. The quantitative estimate of drug-likeness (QED) is 0.571. The van der Waals surface area contributed by atoms with Crippen molar-refractivity contribution in [2.45, 2.75) is 46.0 Å². The van der Waals surface area contributed by atoms with E-state index < -0.39 is 0 Å². The molecule has 0 aliphatic rings. The lowest BCUT2D eigenvalue weighted by Crippen LogP contribution is -2.20. The van der Waals surface area contributed by atoms with Crippen LogP contribution in [0.1, 0.15) is 51.8 Å². The molecule has 4 heteroatoms. The molecule has 3 nitrogen and oxygen atoms in total. The monoisotopic (exact) mass is 255 g/mol. The lowest BCUT2D eigenvalue weighted by molar-refractivity contribution is 0.695. The van der Waals surface area contributed by atoms with E-state index in [1.807, 2.05) is 6.07 Å². The SMILES string of the molecule is CCCCCN(C)c1cc(Cl)nc(C(C)C)n1. The lowest BCUT2D eigenvalue weighted by atomic mass is 10.2. The Bertz CT molecular complexity index is 353. The minimum atomic E-state index is 0.302. The van der Waals surface area contributed by atoms with Gasteiger partial charge in [-0.2, -0.15) is 0 Å². The molecule has 0 aromatic carbocycles. The lowest BCUT2D eigenvalue weighted by Gasteiger charge is -2.19. The summed E-state index contributed by atoms with van der Waals surface area (Å²) in [5, 5.41) is 0.529. The fourth-order valence-corrected chi connectivity index (χ4v) is 1.77. The number of hydrogen-bond acceptors (Lipinski definition) is 3. The summed E-state index contributed by atoms with van der Waals surface area (Å²) in [4.78, 5) is 10.9. The van der Waals surface area contributed by atoms with Crippen LogP contribution in [0.25, 0.3) is 0 Å². The summed E-state index contributed by atoms with van der Waals surface area (Å²) >= 11 is 6.02. The molecule has 0 N–H and O–H groups in total. The van der Waals surface area contributed by atoms with Gasteiger partial charge in [-0.05, 0) is 6.42 Å². The maximum absolute atomic E-state index is 6.02. The van der Waals surface area contributed by atoms with Gasteiger partial charge in [0.2, 0.25) is 0 Å². The summed E-state index contributed by atoms with van der Waals surface area (Å²) in [5.74, 6) is 2.04. The van der Waals surface area contributed by atoms with Crippen LogP contribution in [0.5, 0.6) is 0 Å². The van der Waals surface area contributed by atoms with Crippen LogP contribution in [-0.4, -0.2) is 23.6 Å². The average Bonchev–Trinajstić information content (AvgIpc) is 2.28. The van der Waals surface area contributed by atoms with Crippen molar-refractivity contribution in [3.63, 3.8) is 0 Å². The highest BCUT2D eigenvalue weighted by Gasteiger charge is 2.09. The second kappa shape index (κ2) is 6.80. The molecular weight excluding hydrogens is 234 g/mol. The Kier molecular flexibility index (Phi) is 5.69. The van der Waals surface area contributed by atoms with E-state index in [4.69, 9.17) is 11.6 Å². The third-order valence-corrected chi connectivity index (χ3v) is 2.90. The predicted octanol–water partition coefficient (Wildman–Crippen LogP) is 3.88. The predicted molar refractivity (Wildman–Crippen MR) is 73.9 cm³/mol. The second-order valence-corrected chi connectivity index (χ2v) is 5.08. The van der Waals surface area contributed by atoms with E-state index in [9.17, 15) is 0 Å². The minimum Gasteiger partial charge on any atom is -0.360 e. The first-order valence-corrected chi connectivity index (χ1v) is 6.68. The Morgan fingerprint density at radius 3 is 2.59 bits per heavy atom. The topological polar surface area (TPSA) is 29.0 Å². The number of aromatic nitrogens is 2. The molecule has 0 fully saturated rings. The largest absolute Gasteiger partial charge is 0.360 e. The van der Waals surface area contributed by atoms with E-state index in [1.54, 1.807) is 0 Å². The molecule has 0 aliphatic heterocycles. The number of unbranched alkanes of at least 4 members (excludes halogenated alkanes) is 2. The number of rotatable bonds is 6. The molecule has 0 bridgehead atoms. The van der Waals surface area contributed by atoms with Crippen molar-refractivity contribution < 1.29 is 0 Å². The van der Waals surface area contributed by atoms with Gasteiger partial charge in [0.05, 0.1) is 0 Å². The summed E-state index contributed by atoms with van der Waals surface area (Å²) in [7, 11) is 2.05. The highest BCUT2D eigenvalue weighted by atomic mass is 35.5. The highest BCUT2D eigenvalue weighted by molar-refractivity contribution is 6.29. The third-order valence-electron chi connectivity index (χ3n) is 2.70. The normalized spacial score (nSPS) is 10.9. The van der Waals surface area contributed by atoms with E-state index in [0.717, 1.165) is 18.2 Å². The van der Waals surface area contributed by atoms with Crippen LogP contribution in [0.2, 0.25) is 5.15 Å². The molecule has 0 amide bonds. The molecule has 0 saturated heterocycles. The number of nitrogens with zero attached hydrogens (tertiary/aromatic N) is 3. The number of hydrogen-bond donors (Lipinski definition) is 0. The molecule has 0 spiro atoms. The fraction of sp³-hybridized carbons (Fsp3) is 0.692. The Morgan fingerprint density at radius 1 is 1.29 bits per heavy atom. The zero-order chi connectivity index (χ0) is 12.8. The van der Waals surface area contributed by atoms with Crippen molar-refractivity contribution in [3.8, 4) is 0 Å². The summed E-state index contributed by atoms with van der Waals surface area (Å²) in [6.45, 7) is 7.37. The maximum Gasteiger partial charge on any atom is 0.135 e. The molecule has 0 radical (unpaired) electrons. The first kappa shape index (κ1) is 14.2. The third kappa shape index (κ3) is 4.50. The van der Waals surface area contributed by atoms with Crippen LogP contribution in [0.3, 0.4) is 0 Å². The van der Waals surface area contributed by atoms with Gasteiger partial charge in [0, 0.05) is 25.6 Å². The van der Waals surface area contributed by atoms with Crippen LogP contribution < -0.4 is 4.90 Å². The van der Waals surface area contributed by atoms with E-state index in [-0.39, 0.29) is 0 Å². The number of halogens is 1. The Labute approximate surface area is 109 Å². The smallest absolute Gasteiger partial charge is 0.135 e. The second-order valence-electron chi connectivity index (χ2n) is 4.69. The molecule has 0 unspecified atom stereocenters. The molecule has 0 saturated carbocycles. The standard InChI is InChI=1S/C13H22ClN3/c1-5-6-7-8-17(4)12-9-11(14)15-13(16-12)10(2)3/h9-10H,5-8H2,1-4H3. The van der Waals surface area contributed by atoms with Crippen molar-refractivity contribution in [2.24, 2.45) is 0 Å². The molecule has 1 rings (SSSR count). The fourth-order valence-electron chi connectivity index (χ4n) is 1.59. The summed E-state index contributed by atoms with van der Waals surface area (Å²) in [5.41, 5.74) is 0. The van der Waals surface area contributed by atoms with Crippen LogP contribution in [0.4, 0.5) is 5.82 Å². The van der Waals surface area contributed by atoms with Crippen molar-refractivity contribution in [2.75, 3.05) is 18.5 Å². The first-order valence-electron chi connectivity index (χ1n) is 6.30. The first-order chi connectivity index (χ1) is 8.04. The Morgan fingerprint density at radius 2 is 2.00 bits per heavy atom. The van der Waals surface area contributed by atoms with E-state index in [2.05, 4.69) is 42.7 Å². The van der Waals surface area contributed by atoms with Crippen molar-refractivity contribution in [3.05, 3.63) is 17.0 Å². The van der Waals surface area contributed by atoms with Gasteiger partial charge >= 0.3 is 0 Å². The molecule has 96 valence electrons. The van der Waals surface area contributed by atoms with E-state index in [0.29, 0.717) is 11.1 Å². The van der Waals surface area contributed by atoms with E-state index in [1.165, 1.54) is 19.3 Å². The molecular formula is C13H22ClN3. The van der Waals surface area contributed by atoms with Gasteiger partial charge < -0.3 is 4.90 Å². The Hall–Kier alpha value is -0.830. The van der Waals surface area contributed by atoms with Crippen LogP contribution in [0.15, 0.2) is 6.07 Å². The molecule has 17 heavy (non-hydrogen) atoms. The van der Waals surface area contributed by atoms with Gasteiger partial charge in [-0.15, -0.1) is 0 Å². The molecule has 1 aromatic rings. The van der Waals surface area contributed by atoms with Gasteiger partial charge in [-0.1, -0.05) is 45.2 Å². The zero-order valence-electron chi connectivity index (χ0n) is 11.2. The minimum absolute atomic E-state index is 0.302. The average molecular weight is 256 g/mol. The van der Waals surface area contributed by atoms with Gasteiger partial charge in [0.15, 0.2) is 0 Å². The van der Waals surface area contributed by atoms with Crippen molar-refractivity contribution in [1.82, 2.24) is 9.97 Å². The van der Waals surface area contributed by atoms with Gasteiger partial charge in [0.25, 0.3) is 0 Å². The summed E-state index contributed by atoms with van der Waals surface area (Å²) in [6, 6.07) is 1.83. The van der Waals surface area contributed by atoms with Crippen molar-refractivity contribution >= 4 is 17.4 Å². The number of anilines is 1. The molecule has 1 heterocycles. The van der Waals surface area contributed by atoms with Gasteiger partial charge in [0.1, 0.15) is 16.8 Å². The van der Waals surface area contributed by atoms with Crippen LogP contribution in [0, 0.1) is 0 Å². The molecule has 0 atom stereocenters. The summed E-state index contributed by atoms with van der Waals surface area (Å²) in [6.07, 6.45) is 3.67. The van der Waals surface area contributed by atoms with Gasteiger partial charge in [-0.3, -0.25) is 0 Å². The van der Waals surface area contributed by atoms with Crippen LogP contribution in [-0.2, 0) is 0 Å².